The Labute approximate surface area is 85.1 Å². The van der Waals surface area contributed by atoms with Crippen LogP contribution in [0.4, 0.5) is 5.69 Å². The van der Waals surface area contributed by atoms with Crippen molar-refractivity contribution in [2.75, 3.05) is 0 Å². The van der Waals surface area contributed by atoms with Crippen LogP contribution in [0.5, 0.6) is 0 Å². The Morgan fingerprint density at radius 3 is 3.00 bits per heavy atom. The van der Waals surface area contributed by atoms with Crippen LogP contribution in [-0.2, 0) is 4.79 Å². The lowest BCUT2D eigenvalue weighted by atomic mass is 10.2. The number of nitrogens with zero attached hydrogens (tertiary/aromatic N) is 2. The van der Waals surface area contributed by atoms with Gasteiger partial charge in [-0.1, -0.05) is 11.6 Å². The van der Waals surface area contributed by atoms with Crippen LogP contribution in [0.3, 0.4) is 0 Å². The second-order valence-corrected chi connectivity index (χ2v) is 3.08. The molecule has 0 N–H and O–H groups in total. The van der Waals surface area contributed by atoms with Gasteiger partial charge in [-0.15, -0.1) is 0 Å². The van der Waals surface area contributed by atoms with Crippen molar-refractivity contribution >= 4 is 34.3 Å². The number of pyridine rings is 1. The van der Waals surface area contributed by atoms with Crippen molar-refractivity contribution in [3.63, 3.8) is 0 Å². The summed E-state index contributed by atoms with van der Waals surface area (Å²) in [6.07, 6.45) is 3.14. The highest BCUT2D eigenvalue weighted by atomic mass is 35.5. The third-order valence-corrected chi connectivity index (χ3v) is 2.17. The van der Waals surface area contributed by atoms with E-state index in [1.807, 2.05) is 6.07 Å². The van der Waals surface area contributed by atoms with Gasteiger partial charge in [-0.05, 0) is 24.3 Å². The summed E-state index contributed by atoms with van der Waals surface area (Å²) in [4.78, 5) is 17.8. The zero-order valence-electron chi connectivity index (χ0n) is 7.07. The van der Waals surface area contributed by atoms with Crippen LogP contribution in [0.2, 0.25) is 5.02 Å². The zero-order valence-corrected chi connectivity index (χ0v) is 7.82. The fraction of sp³-hybridized carbons (Fsp3) is 0. The van der Waals surface area contributed by atoms with Crippen LogP contribution < -0.4 is 0 Å². The third-order valence-electron chi connectivity index (χ3n) is 1.86. The molecule has 0 saturated carbocycles. The van der Waals surface area contributed by atoms with Gasteiger partial charge < -0.3 is 0 Å². The molecule has 0 aliphatic carbocycles. The number of rotatable bonds is 1. The monoisotopic (exact) mass is 204 g/mol. The zero-order chi connectivity index (χ0) is 9.97. The van der Waals surface area contributed by atoms with Crippen LogP contribution >= 0.6 is 11.6 Å². The van der Waals surface area contributed by atoms with Gasteiger partial charge >= 0.3 is 0 Å². The summed E-state index contributed by atoms with van der Waals surface area (Å²) < 4.78 is 0. The standard InChI is InChI=1S/C10H5ClN2O/c11-8-3-4-9(13-6-14)7-2-1-5-12-10(7)8/h1-5H. The summed E-state index contributed by atoms with van der Waals surface area (Å²) in [5.41, 5.74) is 1.18. The van der Waals surface area contributed by atoms with Crippen LogP contribution in [0.1, 0.15) is 0 Å². The lowest BCUT2D eigenvalue weighted by Gasteiger charge is -2.00. The van der Waals surface area contributed by atoms with Crippen molar-refractivity contribution in [3.05, 3.63) is 35.5 Å². The first-order valence-electron chi connectivity index (χ1n) is 3.94. The van der Waals surface area contributed by atoms with Gasteiger partial charge in [-0.3, -0.25) is 4.98 Å². The Hall–Kier alpha value is -1.70. The Kier molecular flexibility index (Phi) is 2.27. The maximum Gasteiger partial charge on any atom is 0.240 e. The van der Waals surface area contributed by atoms with E-state index in [9.17, 15) is 4.79 Å². The predicted molar refractivity (Wildman–Crippen MR) is 54.5 cm³/mol. The first-order valence-corrected chi connectivity index (χ1v) is 4.32. The van der Waals surface area contributed by atoms with E-state index in [0.717, 1.165) is 5.39 Å². The molecule has 1 aromatic carbocycles. The molecular formula is C10H5ClN2O. The number of isocyanates is 1. The van der Waals surface area contributed by atoms with Crippen LogP contribution in [0.15, 0.2) is 35.5 Å². The first kappa shape index (κ1) is 8.88. The Morgan fingerprint density at radius 1 is 1.36 bits per heavy atom. The van der Waals surface area contributed by atoms with Gasteiger partial charge in [0.05, 0.1) is 16.2 Å². The molecule has 4 heteroatoms. The topological polar surface area (TPSA) is 42.3 Å². The number of aliphatic imine (C=N–C) groups is 1. The Bertz CT molecular complexity index is 533. The molecule has 2 rings (SSSR count). The Morgan fingerprint density at radius 2 is 2.21 bits per heavy atom. The third kappa shape index (κ3) is 1.39. The molecule has 0 aliphatic heterocycles. The molecule has 0 unspecified atom stereocenters. The fourth-order valence-electron chi connectivity index (χ4n) is 1.27. The molecule has 0 atom stereocenters. The van der Waals surface area contributed by atoms with Crippen LogP contribution in [0.25, 0.3) is 10.9 Å². The summed E-state index contributed by atoms with van der Waals surface area (Å²) in [7, 11) is 0. The lowest BCUT2D eigenvalue weighted by molar-refractivity contribution is 0.565. The number of benzene rings is 1. The molecule has 1 aromatic heterocycles. The van der Waals surface area contributed by atoms with Crippen molar-refractivity contribution in [2.24, 2.45) is 4.99 Å². The second kappa shape index (κ2) is 3.58. The van der Waals surface area contributed by atoms with Gasteiger partial charge in [0, 0.05) is 11.6 Å². The van der Waals surface area contributed by atoms with Gasteiger partial charge in [-0.25, -0.2) is 4.79 Å². The average molecular weight is 205 g/mol. The van der Waals surface area contributed by atoms with Gasteiger partial charge in [0.1, 0.15) is 0 Å². The van der Waals surface area contributed by atoms with Crippen molar-refractivity contribution in [3.8, 4) is 0 Å². The molecule has 68 valence electrons. The van der Waals surface area contributed by atoms with Gasteiger partial charge in [0.15, 0.2) is 0 Å². The molecule has 3 nitrogen and oxygen atoms in total. The Balaban J connectivity index is 2.88. The van der Waals surface area contributed by atoms with Gasteiger partial charge in [0.25, 0.3) is 0 Å². The quantitative estimate of drug-likeness (QED) is 0.530. The fourth-order valence-corrected chi connectivity index (χ4v) is 1.48. The van der Waals surface area contributed by atoms with Crippen molar-refractivity contribution < 1.29 is 4.79 Å². The number of aromatic nitrogens is 1. The summed E-state index contributed by atoms with van der Waals surface area (Å²) in [5.74, 6) is 0. The van der Waals surface area contributed by atoms with E-state index in [1.54, 1.807) is 24.4 Å². The van der Waals surface area contributed by atoms with Crippen molar-refractivity contribution in [2.45, 2.75) is 0 Å². The highest BCUT2D eigenvalue weighted by Gasteiger charge is 2.03. The number of halogens is 1. The molecule has 0 amide bonds. The minimum Gasteiger partial charge on any atom is -0.255 e. The predicted octanol–water partition coefficient (Wildman–Crippen LogP) is 2.86. The van der Waals surface area contributed by atoms with E-state index < -0.39 is 0 Å². The molecule has 2 aromatic rings. The molecule has 0 spiro atoms. The van der Waals surface area contributed by atoms with E-state index in [2.05, 4.69) is 9.98 Å². The molecule has 14 heavy (non-hydrogen) atoms. The number of fused-ring (bicyclic) bond motifs is 1. The first-order chi connectivity index (χ1) is 6.83. The molecule has 0 aliphatic rings. The highest BCUT2D eigenvalue weighted by molar-refractivity contribution is 6.35. The second-order valence-electron chi connectivity index (χ2n) is 2.67. The molecule has 0 fully saturated rings. The minimum atomic E-state index is 0.535. The molecule has 0 saturated heterocycles. The normalized spacial score (nSPS) is 9.79. The summed E-state index contributed by atoms with van der Waals surface area (Å²) in [6.45, 7) is 0. The van der Waals surface area contributed by atoms with E-state index >= 15 is 0 Å². The van der Waals surface area contributed by atoms with E-state index in [4.69, 9.17) is 11.6 Å². The SMILES string of the molecule is O=C=Nc1ccc(Cl)c2ncccc12. The highest BCUT2D eigenvalue weighted by Crippen LogP contribution is 2.29. The van der Waals surface area contributed by atoms with Crippen LogP contribution in [-0.4, -0.2) is 11.1 Å². The van der Waals surface area contributed by atoms with E-state index in [-0.39, 0.29) is 0 Å². The minimum absolute atomic E-state index is 0.535. The van der Waals surface area contributed by atoms with Gasteiger partial charge in [-0.2, -0.15) is 4.99 Å². The van der Waals surface area contributed by atoms with Crippen molar-refractivity contribution in [1.82, 2.24) is 4.98 Å². The lowest BCUT2D eigenvalue weighted by Crippen LogP contribution is -1.79. The molecular weight excluding hydrogens is 200 g/mol. The summed E-state index contributed by atoms with van der Waals surface area (Å²) >= 11 is 5.93. The number of carbonyl (C=O) groups excluding carboxylic acids is 1. The maximum absolute atomic E-state index is 10.2. The number of hydrogen-bond donors (Lipinski definition) is 0. The van der Waals surface area contributed by atoms with Gasteiger partial charge in [0.2, 0.25) is 6.08 Å². The van der Waals surface area contributed by atoms with Crippen molar-refractivity contribution in [1.29, 1.82) is 0 Å². The van der Waals surface area contributed by atoms with E-state index in [0.29, 0.717) is 16.2 Å². The maximum atomic E-state index is 10.2. The van der Waals surface area contributed by atoms with Crippen LogP contribution in [0, 0.1) is 0 Å². The largest absolute Gasteiger partial charge is 0.255 e. The van der Waals surface area contributed by atoms with E-state index in [1.165, 1.54) is 6.08 Å². The average Bonchev–Trinajstić information content (AvgIpc) is 2.23. The summed E-state index contributed by atoms with van der Waals surface area (Å²) in [5, 5.41) is 1.30. The summed E-state index contributed by atoms with van der Waals surface area (Å²) in [6, 6.07) is 6.90. The number of hydrogen-bond acceptors (Lipinski definition) is 3. The molecule has 1 heterocycles. The smallest absolute Gasteiger partial charge is 0.240 e. The molecule has 0 radical (unpaired) electrons. The molecule has 0 bridgehead atoms.